The molecule has 2 unspecified atom stereocenters. The van der Waals surface area contributed by atoms with Crippen LogP contribution in [0.2, 0.25) is 13.3 Å². The van der Waals surface area contributed by atoms with Gasteiger partial charge in [-0.2, -0.15) is 0 Å². The molecule has 2 bridgehead atoms. The molecule has 0 aromatic heterocycles. The predicted molar refractivity (Wildman–Crippen MR) is 160 cm³/mol. The summed E-state index contributed by atoms with van der Waals surface area (Å²) < 4.78 is 7.13. The van der Waals surface area contributed by atoms with Crippen LogP contribution in [-0.4, -0.2) is 24.5 Å². The number of allylic oxidation sites excluding steroid dienone is 2. The Kier molecular flexibility index (Phi) is 11.3. The number of hydrogen-bond donors (Lipinski definition) is 0. The summed E-state index contributed by atoms with van der Waals surface area (Å²) in [7, 11) is -0.109. The zero-order chi connectivity index (χ0) is 24.6. The Labute approximate surface area is 218 Å². The summed E-state index contributed by atoms with van der Waals surface area (Å²) in [4.78, 5) is 0. The van der Waals surface area contributed by atoms with Gasteiger partial charge in [0.1, 0.15) is 0 Å². The first kappa shape index (κ1) is 28.5. The van der Waals surface area contributed by atoms with Gasteiger partial charge in [0.15, 0.2) is 0 Å². The number of unbranched alkanes of at least 4 members (excludes halogenated alkanes) is 6. The van der Waals surface area contributed by atoms with Gasteiger partial charge in [-0.15, -0.1) is 0 Å². The summed E-state index contributed by atoms with van der Waals surface area (Å²) in [5, 5.41) is 1.82. The molecule has 1 aromatic rings. The normalized spacial score (nSPS) is 22.4. The van der Waals surface area contributed by atoms with Crippen LogP contribution in [0.5, 0.6) is 0 Å². The zero-order valence-corrected chi connectivity index (χ0v) is 27.2. The van der Waals surface area contributed by atoms with Crippen molar-refractivity contribution in [3.8, 4) is 0 Å². The SMILES string of the molecule is CCCCCCC1=[C]([Sn]([CH2]CCC)([CH2]CCC)[CH2]CCC)P2CC1(C)C(C)=C2c1ccccc1. The summed E-state index contributed by atoms with van der Waals surface area (Å²) in [6.07, 6.45) is 17.1. The molecule has 2 heterocycles. The third-order valence-corrected chi connectivity index (χ3v) is 32.3. The second-order valence-electron chi connectivity index (χ2n) is 11.5. The van der Waals surface area contributed by atoms with Crippen LogP contribution in [0.25, 0.3) is 5.31 Å². The third kappa shape index (κ3) is 5.90. The van der Waals surface area contributed by atoms with E-state index in [1.165, 1.54) is 76.8 Å². The van der Waals surface area contributed by atoms with Crippen LogP contribution in [-0.2, 0) is 0 Å². The van der Waals surface area contributed by atoms with Crippen LogP contribution in [0.15, 0.2) is 44.8 Å². The third-order valence-electron chi connectivity index (χ3n) is 9.01. The van der Waals surface area contributed by atoms with Crippen molar-refractivity contribution in [1.82, 2.24) is 0 Å². The van der Waals surface area contributed by atoms with E-state index in [1.54, 1.807) is 24.4 Å². The summed E-state index contributed by atoms with van der Waals surface area (Å²) in [6, 6.07) is 11.6. The van der Waals surface area contributed by atoms with Crippen LogP contribution in [0.1, 0.15) is 118 Å². The van der Waals surface area contributed by atoms with Crippen LogP contribution in [0.3, 0.4) is 0 Å². The molecule has 2 atom stereocenters. The van der Waals surface area contributed by atoms with E-state index in [0.29, 0.717) is 5.41 Å². The average molecular weight is 587 g/mol. The van der Waals surface area contributed by atoms with Gasteiger partial charge in [0.2, 0.25) is 0 Å². The Bertz CT molecular complexity index is 814. The Morgan fingerprint density at radius 1 is 0.765 bits per heavy atom. The van der Waals surface area contributed by atoms with Crippen molar-refractivity contribution in [1.29, 1.82) is 0 Å². The molecule has 0 radical (unpaired) electrons. The van der Waals surface area contributed by atoms with Gasteiger partial charge >= 0.3 is 219 Å². The quantitative estimate of drug-likeness (QED) is 0.103. The Morgan fingerprint density at radius 2 is 1.32 bits per heavy atom. The molecular weight excluding hydrogens is 534 g/mol. The number of hydrogen-bond acceptors (Lipinski definition) is 0. The molecule has 3 rings (SSSR count). The molecule has 1 aromatic carbocycles. The maximum absolute atomic E-state index is 2.67. The fraction of sp³-hybridized carbons (Fsp3) is 0.688. The van der Waals surface area contributed by atoms with Crippen molar-refractivity contribution in [3.63, 3.8) is 0 Å². The first-order chi connectivity index (χ1) is 16.5. The molecule has 0 saturated carbocycles. The van der Waals surface area contributed by atoms with Crippen LogP contribution in [0.4, 0.5) is 0 Å². The maximum atomic E-state index is 2.67. The van der Waals surface area contributed by atoms with Gasteiger partial charge in [0, 0.05) is 0 Å². The summed E-state index contributed by atoms with van der Waals surface area (Å²) in [6.45, 7) is 14.9. The Hall–Kier alpha value is -0.0713. The average Bonchev–Trinajstić information content (AvgIpc) is 3.29. The van der Waals surface area contributed by atoms with Crippen molar-refractivity contribution in [3.05, 3.63) is 50.4 Å². The molecule has 0 fully saturated rings. The molecule has 0 N–H and O–H groups in total. The van der Waals surface area contributed by atoms with Crippen LogP contribution >= 0.6 is 7.92 Å². The molecule has 2 heteroatoms. The minimum atomic E-state index is -2.48. The first-order valence-corrected chi connectivity index (χ1v) is 23.8. The van der Waals surface area contributed by atoms with E-state index >= 15 is 0 Å². The Morgan fingerprint density at radius 3 is 1.85 bits per heavy atom. The van der Waals surface area contributed by atoms with Crippen molar-refractivity contribution >= 4 is 31.6 Å². The van der Waals surface area contributed by atoms with E-state index in [2.05, 4.69) is 75.2 Å². The van der Waals surface area contributed by atoms with Crippen molar-refractivity contribution in [2.24, 2.45) is 5.41 Å². The van der Waals surface area contributed by atoms with E-state index < -0.39 is 18.4 Å². The van der Waals surface area contributed by atoms with Crippen molar-refractivity contribution in [2.45, 2.75) is 125 Å². The molecule has 2 aliphatic heterocycles. The second kappa shape index (κ2) is 13.5. The first-order valence-electron chi connectivity index (χ1n) is 14.8. The van der Waals surface area contributed by atoms with E-state index in [4.69, 9.17) is 0 Å². The van der Waals surface area contributed by atoms with Gasteiger partial charge in [0.25, 0.3) is 0 Å². The van der Waals surface area contributed by atoms with Crippen molar-refractivity contribution in [2.75, 3.05) is 6.16 Å². The van der Waals surface area contributed by atoms with Gasteiger partial charge < -0.3 is 0 Å². The number of benzene rings is 1. The van der Waals surface area contributed by atoms with Gasteiger partial charge in [0.05, 0.1) is 0 Å². The monoisotopic (exact) mass is 588 g/mol. The van der Waals surface area contributed by atoms with E-state index in [1.807, 2.05) is 10.9 Å². The fourth-order valence-electron chi connectivity index (χ4n) is 6.89. The van der Waals surface area contributed by atoms with Gasteiger partial charge in [-0.05, 0) is 0 Å². The van der Waals surface area contributed by atoms with Gasteiger partial charge in [-0.1, -0.05) is 0 Å². The molecule has 0 nitrogen and oxygen atoms in total. The van der Waals surface area contributed by atoms with Crippen LogP contribution < -0.4 is 0 Å². The molecule has 0 spiro atoms. The molecule has 0 saturated heterocycles. The van der Waals surface area contributed by atoms with Crippen LogP contribution in [0, 0.1) is 5.41 Å². The van der Waals surface area contributed by atoms with E-state index in [-0.39, 0.29) is 7.92 Å². The number of fused-ring (bicyclic) bond motifs is 2. The fourth-order valence-corrected chi connectivity index (χ4v) is 35.6. The summed E-state index contributed by atoms with van der Waals surface area (Å²) in [5.74, 6) is 0. The molecular formula is C32H53PSn. The number of rotatable bonds is 16. The molecule has 2 aliphatic rings. The summed E-state index contributed by atoms with van der Waals surface area (Å²) in [5.41, 5.74) is 5.69. The van der Waals surface area contributed by atoms with E-state index in [0.717, 1.165) is 0 Å². The van der Waals surface area contributed by atoms with Crippen molar-refractivity contribution < 1.29 is 0 Å². The molecule has 0 aliphatic carbocycles. The standard InChI is InChI=1S/C20H26P.3C4H9.Sn/c1-4-5-6-10-13-18-14-21-15-20(18,3)16(2)19(21)17-11-8-7-9-12-17;3*1-3-4-2;/h7-9,11-12H,4-6,10,13,15H2,1-3H3;3*1,3-4H2,2H3;. The summed E-state index contributed by atoms with van der Waals surface area (Å²) >= 11 is -2.48. The van der Waals surface area contributed by atoms with Gasteiger partial charge in [-0.25, -0.2) is 0 Å². The molecule has 190 valence electrons. The molecule has 0 amide bonds. The molecule has 34 heavy (non-hydrogen) atoms. The minimum absolute atomic E-state index is 0.109. The zero-order valence-electron chi connectivity index (χ0n) is 23.4. The Balaban J connectivity index is 2.13. The van der Waals surface area contributed by atoms with E-state index in [9.17, 15) is 0 Å². The predicted octanol–water partition coefficient (Wildman–Crippen LogP) is 11.5. The van der Waals surface area contributed by atoms with Gasteiger partial charge in [-0.3, -0.25) is 0 Å². The topological polar surface area (TPSA) is 0 Å². The second-order valence-corrected chi connectivity index (χ2v) is 27.8.